The Kier molecular flexibility index (Phi) is 5.86. The Bertz CT molecular complexity index is 1620. The van der Waals surface area contributed by atoms with Crippen molar-refractivity contribution < 1.29 is 9.90 Å². The number of carbonyl (C=O) groups is 1. The van der Waals surface area contributed by atoms with Gasteiger partial charge in [-0.3, -0.25) is 19.0 Å². The first-order chi connectivity index (χ1) is 18.1. The minimum absolute atomic E-state index is 0.0203. The molecule has 1 N–H and O–H groups in total. The van der Waals surface area contributed by atoms with Crippen molar-refractivity contribution >= 4 is 17.1 Å². The van der Waals surface area contributed by atoms with Gasteiger partial charge in [0, 0.05) is 32.0 Å². The third-order valence-corrected chi connectivity index (χ3v) is 6.94. The fourth-order valence-electron chi connectivity index (χ4n) is 5.10. The van der Waals surface area contributed by atoms with Gasteiger partial charge in [-0.1, -0.05) is 42.5 Å². The topological polar surface area (TPSA) is 93.2 Å². The van der Waals surface area contributed by atoms with E-state index in [-0.39, 0.29) is 17.3 Å². The highest BCUT2D eigenvalue weighted by atomic mass is 16.4. The van der Waals surface area contributed by atoms with Gasteiger partial charge in [0.1, 0.15) is 0 Å². The number of aromatic carboxylic acids is 1. The van der Waals surface area contributed by atoms with E-state index in [1.807, 2.05) is 59.2 Å². The van der Waals surface area contributed by atoms with Gasteiger partial charge in [-0.15, -0.1) is 0 Å². The molecule has 2 aromatic carbocycles. The van der Waals surface area contributed by atoms with Crippen molar-refractivity contribution in [2.75, 3.05) is 13.1 Å². The maximum atomic E-state index is 13.8. The van der Waals surface area contributed by atoms with Crippen LogP contribution in [0.1, 0.15) is 28.5 Å². The van der Waals surface area contributed by atoms with Crippen molar-refractivity contribution in [3.8, 4) is 16.8 Å². The first-order valence-corrected chi connectivity index (χ1v) is 12.2. The lowest BCUT2D eigenvalue weighted by Gasteiger charge is -2.16. The van der Waals surface area contributed by atoms with Crippen molar-refractivity contribution in [3.05, 3.63) is 113 Å². The molecule has 1 aliphatic rings. The maximum absolute atomic E-state index is 13.8. The van der Waals surface area contributed by atoms with Crippen LogP contribution in [0.25, 0.3) is 28.0 Å². The summed E-state index contributed by atoms with van der Waals surface area (Å²) >= 11 is 0. The Labute approximate surface area is 213 Å². The number of carboxylic acids is 1. The minimum Gasteiger partial charge on any atom is -0.478 e. The molecule has 1 fully saturated rings. The summed E-state index contributed by atoms with van der Waals surface area (Å²) in [7, 11) is 0. The second kappa shape index (κ2) is 9.48. The van der Waals surface area contributed by atoms with E-state index in [2.05, 4.69) is 27.0 Å². The van der Waals surface area contributed by atoms with E-state index in [9.17, 15) is 9.59 Å². The normalized spacial score (nSPS) is 15.8. The number of aromatic nitrogens is 4. The van der Waals surface area contributed by atoms with Crippen molar-refractivity contribution in [2.24, 2.45) is 0 Å². The third-order valence-electron chi connectivity index (χ3n) is 6.94. The standard InChI is InChI=1S/C29H25N5O3/c35-28(36)22-8-11-23(31-17-22)18-32-16-14-25(19-32)34-27-26(7-4-15-30-27)33(29(34)37)24-12-9-21(10-13-24)20-5-2-1-3-6-20/h1-13,15,17,25H,14,16,18-19H2,(H,35,36). The fraction of sp³-hybridized carbons (Fsp3) is 0.172. The van der Waals surface area contributed by atoms with Crippen LogP contribution < -0.4 is 5.69 Å². The number of rotatable bonds is 6. The van der Waals surface area contributed by atoms with Crippen LogP contribution in [0.4, 0.5) is 0 Å². The van der Waals surface area contributed by atoms with Crippen molar-refractivity contribution in [3.63, 3.8) is 0 Å². The van der Waals surface area contributed by atoms with Gasteiger partial charge in [-0.25, -0.2) is 14.6 Å². The highest BCUT2D eigenvalue weighted by Crippen LogP contribution is 2.27. The molecule has 0 radical (unpaired) electrons. The average Bonchev–Trinajstić information content (AvgIpc) is 3.50. The van der Waals surface area contributed by atoms with Crippen LogP contribution >= 0.6 is 0 Å². The highest BCUT2D eigenvalue weighted by molar-refractivity contribution is 5.87. The van der Waals surface area contributed by atoms with Crippen molar-refractivity contribution in [1.82, 2.24) is 24.0 Å². The smallest absolute Gasteiger partial charge is 0.337 e. The summed E-state index contributed by atoms with van der Waals surface area (Å²) in [5, 5.41) is 9.09. The molecule has 5 aromatic rings. The summed E-state index contributed by atoms with van der Waals surface area (Å²) < 4.78 is 3.56. The molecule has 37 heavy (non-hydrogen) atoms. The van der Waals surface area contributed by atoms with E-state index in [0.717, 1.165) is 41.0 Å². The van der Waals surface area contributed by atoms with Crippen LogP contribution in [0.2, 0.25) is 0 Å². The van der Waals surface area contributed by atoms with Gasteiger partial charge in [0.05, 0.1) is 28.5 Å². The molecular weight excluding hydrogens is 466 g/mol. The maximum Gasteiger partial charge on any atom is 0.337 e. The second-order valence-electron chi connectivity index (χ2n) is 9.27. The largest absolute Gasteiger partial charge is 0.478 e. The summed E-state index contributed by atoms with van der Waals surface area (Å²) in [5.74, 6) is -0.988. The second-order valence-corrected chi connectivity index (χ2v) is 9.27. The molecule has 0 bridgehead atoms. The highest BCUT2D eigenvalue weighted by Gasteiger charge is 2.29. The van der Waals surface area contributed by atoms with Gasteiger partial charge in [-0.2, -0.15) is 0 Å². The quantitative estimate of drug-likeness (QED) is 0.379. The van der Waals surface area contributed by atoms with Gasteiger partial charge in [0.15, 0.2) is 5.65 Å². The molecule has 3 aromatic heterocycles. The molecule has 1 aliphatic heterocycles. The van der Waals surface area contributed by atoms with Crippen LogP contribution in [-0.4, -0.2) is 48.2 Å². The van der Waals surface area contributed by atoms with E-state index < -0.39 is 5.97 Å². The molecule has 0 aliphatic carbocycles. The minimum atomic E-state index is -0.988. The number of carboxylic acid groups (broad SMARTS) is 1. The summed E-state index contributed by atoms with van der Waals surface area (Å²) in [5.41, 5.74) is 5.36. The Balaban J connectivity index is 1.29. The monoisotopic (exact) mass is 491 g/mol. The molecule has 4 heterocycles. The number of fused-ring (bicyclic) bond motifs is 1. The Morgan fingerprint density at radius 3 is 2.43 bits per heavy atom. The summed E-state index contributed by atoms with van der Waals surface area (Å²) in [6.45, 7) is 2.09. The number of hydrogen-bond acceptors (Lipinski definition) is 5. The van der Waals surface area contributed by atoms with Gasteiger partial charge < -0.3 is 5.11 Å². The number of nitrogens with zero attached hydrogens (tertiary/aromatic N) is 5. The summed E-state index contributed by atoms with van der Waals surface area (Å²) in [4.78, 5) is 36.0. The predicted octanol–water partition coefficient (Wildman–Crippen LogP) is 4.39. The zero-order valence-corrected chi connectivity index (χ0v) is 20.1. The molecule has 6 rings (SSSR count). The molecule has 1 saturated heterocycles. The number of benzene rings is 2. The van der Waals surface area contributed by atoms with Gasteiger partial charge in [0.2, 0.25) is 0 Å². The number of likely N-dealkylation sites (tertiary alicyclic amines) is 1. The van der Waals surface area contributed by atoms with E-state index >= 15 is 0 Å². The Morgan fingerprint density at radius 2 is 1.70 bits per heavy atom. The van der Waals surface area contributed by atoms with Gasteiger partial charge in [0.25, 0.3) is 0 Å². The molecule has 1 atom stereocenters. The molecule has 0 saturated carbocycles. The van der Waals surface area contributed by atoms with Crippen molar-refractivity contribution in [1.29, 1.82) is 0 Å². The van der Waals surface area contributed by atoms with E-state index in [1.54, 1.807) is 22.9 Å². The lowest BCUT2D eigenvalue weighted by atomic mass is 10.1. The average molecular weight is 492 g/mol. The summed E-state index contributed by atoms with van der Waals surface area (Å²) in [6, 6.07) is 25.3. The SMILES string of the molecule is O=C(O)c1ccc(CN2CCC(n3c(=O)n(-c4ccc(-c5ccccc5)cc4)c4cccnc43)C2)nc1. The zero-order chi connectivity index (χ0) is 25.4. The zero-order valence-electron chi connectivity index (χ0n) is 20.1. The van der Waals surface area contributed by atoms with Crippen LogP contribution in [0.3, 0.4) is 0 Å². The lowest BCUT2D eigenvalue weighted by molar-refractivity contribution is 0.0696. The van der Waals surface area contributed by atoms with Crippen LogP contribution in [0, 0.1) is 0 Å². The van der Waals surface area contributed by atoms with E-state index in [0.29, 0.717) is 18.7 Å². The molecule has 8 nitrogen and oxygen atoms in total. The first-order valence-electron chi connectivity index (χ1n) is 12.2. The number of hydrogen-bond donors (Lipinski definition) is 1. The van der Waals surface area contributed by atoms with Crippen LogP contribution in [0.15, 0.2) is 96.1 Å². The number of imidazole rings is 1. The Morgan fingerprint density at radius 1 is 0.919 bits per heavy atom. The van der Waals surface area contributed by atoms with Crippen LogP contribution in [0.5, 0.6) is 0 Å². The molecular formula is C29H25N5O3. The van der Waals surface area contributed by atoms with Gasteiger partial charge in [-0.05, 0) is 53.9 Å². The molecule has 0 spiro atoms. The van der Waals surface area contributed by atoms with Crippen molar-refractivity contribution in [2.45, 2.75) is 19.0 Å². The van der Waals surface area contributed by atoms with E-state index in [1.165, 1.54) is 6.20 Å². The number of pyridine rings is 2. The molecule has 8 heteroatoms. The Hall–Kier alpha value is -4.56. The molecule has 184 valence electrons. The fourth-order valence-corrected chi connectivity index (χ4v) is 5.10. The molecule has 1 unspecified atom stereocenters. The van der Waals surface area contributed by atoms with Crippen LogP contribution in [-0.2, 0) is 6.54 Å². The lowest BCUT2D eigenvalue weighted by Crippen LogP contribution is -2.29. The van der Waals surface area contributed by atoms with Gasteiger partial charge >= 0.3 is 11.7 Å². The third kappa shape index (κ3) is 4.32. The summed E-state index contributed by atoms with van der Waals surface area (Å²) in [6.07, 6.45) is 3.92. The molecule has 0 amide bonds. The first kappa shape index (κ1) is 22.9. The predicted molar refractivity (Wildman–Crippen MR) is 141 cm³/mol. The van der Waals surface area contributed by atoms with E-state index in [4.69, 9.17) is 5.11 Å².